The second kappa shape index (κ2) is 6.43. The molecule has 0 aliphatic carbocycles. The smallest absolute Gasteiger partial charge is 0.0683 e. The van der Waals surface area contributed by atoms with Crippen molar-refractivity contribution in [3.63, 3.8) is 0 Å². The Kier molecular flexibility index (Phi) is 6.39. The van der Waals surface area contributed by atoms with Gasteiger partial charge in [-0.15, -0.1) is 0 Å². The van der Waals surface area contributed by atoms with Gasteiger partial charge in [-0.25, -0.2) is 0 Å². The van der Waals surface area contributed by atoms with Crippen molar-refractivity contribution in [3.05, 3.63) is 11.8 Å². The van der Waals surface area contributed by atoms with Crippen molar-refractivity contribution in [3.8, 4) is 0 Å². The third-order valence-corrected chi connectivity index (χ3v) is 2.71. The zero-order valence-corrected chi connectivity index (χ0v) is 9.89. The minimum atomic E-state index is -0.986. The van der Waals surface area contributed by atoms with Gasteiger partial charge in [-0.3, -0.25) is 0 Å². The van der Waals surface area contributed by atoms with E-state index < -0.39 is 8.07 Å². The van der Waals surface area contributed by atoms with Gasteiger partial charge >= 0.3 is 0 Å². The zero-order valence-electron chi connectivity index (χ0n) is 8.89. The highest BCUT2D eigenvalue weighted by atomic mass is 28.3. The van der Waals surface area contributed by atoms with Crippen LogP contribution in [0.2, 0.25) is 19.6 Å². The maximum atomic E-state index is 5.40. The molecule has 0 spiro atoms. The lowest BCUT2D eigenvalue weighted by atomic mass is 10.4. The van der Waals surface area contributed by atoms with E-state index in [1.807, 2.05) is 0 Å². The first kappa shape index (κ1) is 11.9. The van der Waals surface area contributed by atoms with Gasteiger partial charge in [0.2, 0.25) is 0 Å². The Morgan fingerprint density at radius 3 is 2.42 bits per heavy atom. The van der Waals surface area contributed by atoms with Crippen LogP contribution in [0.1, 0.15) is 19.8 Å². The van der Waals surface area contributed by atoms with Crippen LogP contribution in [0.25, 0.3) is 0 Å². The van der Waals surface area contributed by atoms with Crippen molar-refractivity contribution < 1.29 is 4.74 Å². The van der Waals surface area contributed by atoms with E-state index in [1.54, 1.807) is 0 Å². The van der Waals surface area contributed by atoms with Crippen LogP contribution in [0.5, 0.6) is 0 Å². The zero-order chi connectivity index (χ0) is 9.45. The standard InChI is InChI=1S/C10H22OSi/c1-5-6-8-11-9-7-10-12(2,3)4/h7,10H,5-6,8-9H2,1-4H3/b10-7+. The van der Waals surface area contributed by atoms with E-state index in [-0.39, 0.29) is 0 Å². The number of hydrogen-bond acceptors (Lipinski definition) is 1. The summed E-state index contributed by atoms with van der Waals surface area (Å²) in [5.41, 5.74) is 2.33. The van der Waals surface area contributed by atoms with Crippen molar-refractivity contribution in [2.45, 2.75) is 39.4 Å². The summed E-state index contributed by atoms with van der Waals surface area (Å²) in [6.07, 6.45) is 4.57. The highest BCUT2D eigenvalue weighted by Gasteiger charge is 2.05. The molecular formula is C10H22OSi. The predicted molar refractivity (Wildman–Crippen MR) is 58.2 cm³/mol. The Balaban J connectivity index is 3.25. The molecule has 0 atom stereocenters. The molecule has 0 aliphatic rings. The van der Waals surface area contributed by atoms with Crippen LogP contribution in [0, 0.1) is 0 Å². The first-order valence-corrected chi connectivity index (χ1v) is 8.39. The maximum absolute atomic E-state index is 5.40. The largest absolute Gasteiger partial charge is 0.377 e. The fourth-order valence-corrected chi connectivity index (χ4v) is 1.60. The van der Waals surface area contributed by atoms with Crippen LogP contribution in [0.15, 0.2) is 11.8 Å². The van der Waals surface area contributed by atoms with Gasteiger partial charge in [0.1, 0.15) is 0 Å². The van der Waals surface area contributed by atoms with Crippen molar-refractivity contribution in [2.75, 3.05) is 13.2 Å². The summed E-state index contributed by atoms with van der Waals surface area (Å²) in [7, 11) is -0.986. The van der Waals surface area contributed by atoms with Gasteiger partial charge in [0.15, 0.2) is 0 Å². The minimum absolute atomic E-state index is 0.796. The van der Waals surface area contributed by atoms with Crippen LogP contribution in [0.3, 0.4) is 0 Å². The average Bonchev–Trinajstić information content (AvgIpc) is 1.94. The Labute approximate surface area is 77.8 Å². The van der Waals surface area contributed by atoms with Gasteiger partial charge in [0, 0.05) is 6.61 Å². The van der Waals surface area contributed by atoms with Crippen molar-refractivity contribution in [1.82, 2.24) is 0 Å². The molecule has 0 aromatic rings. The molecule has 0 aromatic heterocycles. The molecule has 0 fully saturated rings. The van der Waals surface area contributed by atoms with Gasteiger partial charge in [-0.2, -0.15) is 0 Å². The fraction of sp³-hybridized carbons (Fsp3) is 0.800. The Morgan fingerprint density at radius 2 is 1.92 bits per heavy atom. The molecule has 0 bridgehead atoms. The monoisotopic (exact) mass is 186 g/mol. The average molecular weight is 186 g/mol. The highest BCUT2D eigenvalue weighted by Crippen LogP contribution is 2.01. The molecule has 0 unspecified atom stereocenters. The second-order valence-electron chi connectivity index (χ2n) is 4.20. The summed E-state index contributed by atoms with van der Waals surface area (Å²) < 4.78 is 5.40. The summed E-state index contributed by atoms with van der Waals surface area (Å²) in [5.74, 6) is 0. The minimum Gasteiger partial charge on any atom is -0.377 e. The molecule has 0 radical (unpaired) electrons. The summed E-state index contributed by atoms with van der Waals surface area (Å²) >= 11 is 0. The molecule has 72 valence electrons. The van der Waals surface area contributed by atoms with Gasteiger partial charge in [-0.1, -0.05) is 44.8 Å². The molecule has 0 N–H and O–H groups in total. The van der Waals surface area contributed by atoms with E-state index in [1.165, 1.54) is 12.8 Å². The quantitative estimate of drug-likeness (QED) is 0.457. The van der Waals surface area contributed by atoms with Gasteiger partial charge < -0.3 is 4.74 Å². The first-order valence-electron chi connectivity index (χ1n) is 4.81. The van der Waals surface area contributed by atoms with Crippen LogP contribution in [-0.4, -0.2) is 21.3 Å². The lowest BCUT2D eigenvalue weighted by molar-refractivity contribution is 0.159. The maximum Gasteiger partial charge on any atom is 0.0683 e. The molecule has 2 heteroatoms. The Bertz CT molecular complexity index is 124. The summed E-state index contributed by atoms with van der Waals surface area (Å²) in [4.78, 5) is 0. The highest BCUT2D eigenvalue weighted by molar-refractivity contribution is 6.80. The van der Waals surface area contributed by atoms with Crippen LogP contribution in [-0.2, 0) is 4.74 Å². The third-order valence-electron chi connectivity index (χ3n) is 1.47. The molecule has 0 heterocycles. The first-order chi connectivity index (χ1) is 5.56. The topological polar surface area (TPSA) is 9.23 Å². The van der Waals surface area contributed by atoms with Crippen molar-refractivity contribution in [2.24, 2.45) is 0 Å². The molecule has 0 amide bonds. The molecule has 0 saturated carbocycles. The van der Waals surface area contributed by atoms with E-state index >= 15 is 0 Å². The summed E-state index contributed by atoms with van der Waals surface area (Å²) in [6, 6.07) is 0. The number of rotatable bonds is 6. The number of hydrogen-bond donors (Lipinski definition) is 0. The summed E-state index contributed by atoms with van der Waals surface area (Å²) in [5, 5.41) is 0. The van der Waals surface area contributed by atoms with Gasteiger partial charge in [0.05, 0.1) is 14.7 Å². The second-order valence-corrected chi connectivity index (χ2v) is 9.26. The lowest BCUT2D eigenvalue weighted by Gasteiger charge is -2.07. The number of ether oxygens (including phenoxy) is 1. The summed E-state index contributed by atoms with van der Waals surface area (Å²) in [6.45, 7) is 10.9. The molecule has 0 saturated heterocycles. The van der Waals surface area contributed by atoms with E-state index in [0.717, 1.165) is 13.2 Å². The van der Waals surface area contributed by atoms with Crippen LogP contribution < -0.4 is 0 Å². The van der Waals surface area contributed by atoms with E-state index in [4.69, 9.17) is 4.74 Å². The molecule has 1 nitrogen and oxygen atoms in total. The van der Waals surface area contributed by atoms with Crippen molar-refractivity contribution >= 4 is 8.07 Å². The normalized spacial score (nSPS) is 12.7. The van der Waals surface area contributed by atoms with E-state index in [0.29, 0.717) is 0 Å². The molecule has 0 rings (SSSR count). The third kappa shape index (κ3) is 9.92. The molecule has 0 aliphatic heterocycles. The van der Waals surface area contributed by atoms with E-state index in [2.05, 4.69) is 38.3 Å². The predicted octanol–water partition coefficient (Wildman–Crippen LogP) is 3.24. The van der Waals surface area contributed by atoms with Crippen LogP contribution >= 0.6 is 0 Å². The Morgan fingerprint density at radius 1 is 1.25 bits per heavy atom. The van der Waals surface area contributed by atoms with Crippen LogP contribution in [0.4, 0.5) is 0 Å². The molecule has 0 aromatic carbocycles. The lowest BCUT2D eigenvalue weighted by Crippen LogP contribution is -2.15. The molecular weight excluding hydrogens is 164 g/mol. The number of unbranched alkanes of at least 4 members (excludes halogenated alkanes) is 1. The fourth-order valence-electron chi connectivity index (χ4n) is 0.799. The molecule has 12 heavy (non-hydrogen) atoms. The van der Waals surface area contributed by atoms with Gasteiger partial charge in [0.25, 0.3) is 0 Å². The van der Waals surface area contributed by atoms with Gasteiger partial charge in [-0.05, 0) is 6.42 Å². The Hall–Kier alpha value is -0.0831. The van der Waals surface area contributed by atoms with Crippen molar-refractivity contribution in [1.29, 1.82) is 0 Å². The SMILES string of the molecule is CCCCOC/C=C/[Si](C)(C)C. The van der Waals surface area contributed by atoms with E-state index in [9.17, 15) is 0 Å².